The first kappa shape index (κ1) is 86.9. The minimum absolute atomic E-state index is 0.503. The summed E-state index contributed by atoms with van der Waals surface area (Å²) >= 11 is 3.83. The van der Waals surface area contributed by atoms with E-state index < -0.39 is 7.12 Å². The molecule has 0 aliphatic carbocycles. The minimum atomic E-state index is -1.46. The Morgan fingerprint density at radius 2 is 0.472 bits per heavy atom. The van der Waals surface area contributed by atoms with Gasteiger partial charge in [0.05, 0.1) is 22.1 Å². The lowest BCUT2D eigenvalue weighted by Crippen LogP contribution is -2.29. The Bertz CT molecular complexity index is 9070. The average Bonchev–Trinajstić information content (AvgIpc) is 1.64. The van der Waals surface area contributed by atoms with Crippen LogP contribution in [-0.4, -0.2) is 26.3 Å². The molecule has 0 spiro atoms. The summed E-state index contributed by atoms with van der Waals surface area (Å²) in [5, 5.41) is 28.0. The lowest BCUT2D eigenvalue weighted by atomic mass is 9.80. The molecule has 0 radical (unpaired) electrons. The second-order valence-corrected chi connectivity index (χ2v) is 36.5. The highest BCUT2D eigenvalue weighted by Crippen LogP contribution is 2.49. The smallest absolute Gasteiger partial charge is 0.455 e. The molecule has 0 saturated heterocycles. The molecule has 0 atom stereocenters. The highest BCUT2D eigenvalue weighted by molar-refractivity contribution is 9.10. The molecule has 0 saturated carbocycles. The molecule has 0 aliphatic rings. The van der Waals surface area contributed by atoms with Gasteiger partial charge in [0.15, 0.2) is 0 Å². The fraction of sp³-hybridized carbons (Fsp3) is 0. The van der Waals surface area contributed by atoms with E-state index in [1.165, 1.54) is 88.6 Å². The first-order chi connectivity index (χ1) is 70.2. The maximum Gasteiger partial charge on any atom is 0.488 e. The van der Waals surface area contributed by atoms with E-state index in [0.717, 1.165) is 149 Å². The van der Waals surface area contributed by atoms with Gasteiger partial charge in [-0.1, -0.05) is 404 Å². The van der Waals surface area contributed by atoms with Gasteiger partial charge in [0, 0.05) is 110 Å². The molecule has 0 amide bonds. The van der Waals surface area contributed by atoms with Crippen LogP contribution in [0.3, 0.4) is 0 Å². The molecule has 0 fully saturated rings. The van der Waals surface area contributed by atoms with Gasteiger partial charge >= 0.3 is 7.12 Å². The lowest BCUT2D eigenvalue weighted by Gasteiger charge is -2.26. The van der Waals surface area contributed by atoms with E-state index in [1.807, 2.05) is 66.7 Å². The van der Waals surface area contributed by atoms with E-state index >= 15 is 0 Å². The molecule has 26 aromatic rings. The van der Waals surface area contributed by atoms with Crippen LogP contribution in [0.25, 0.3) is 199 Å². The Morgan fingerprint density at radius 1 is 0.197 bits per heavy atom. The van der Waals surface area contributed by atoms with Crippen molar-refractivity contribution in [3.63, 3.8) is 0 Å². The van der Waals surface area contributed by atoms with Gasteiger partial charge in [-0.3, -0.25) is 0 Å². The van der Waals surface area contributed by atoms with Crippen LogP contribution >= 0.6 is 15.9 Å². The molecule has 672 valence electrons. The van der Waals surface area contributed by atoms with Gasteiger partial charge in [0.1, 0.15) is 22.3 Å². The number of aromatic nitrogens is 2. The van der Waals surface area contributed by atoms with Crippen LogP contribution in [0, 0.1) is 0 Å². The number of rotatable bonds is 18. The van der Waals surface area contributed by atoms with E-state index in [-0.39, 0.29) is 0 Å². The fourth-order valence-electron chi connectivity index (χ4n) is 20.5. The standard InChI is InChI=1S/C66H44N2O.C48H32BrNO.C18H14BNO2/c1-4-16-45(17-5-1)46-30-37-52(38-31-46)67(54-41-34-48(35-42-54)57-26-15-27-60-59-23-11-13-29-64(59)69-66(57)60)53-39-32-47(33-40-53)55-24-14-25-56(65(55)49-18-6-2-7-19-49)50-36-43-63-61(44-50)58-22-10-12-28-62(58)68(63)51-20-8-3-9-21-51;49-45-19-10-16-41(47(45)37-13-5-2-6-14-37)35-23-29-39(30-24-35)50(38-27-21-34(22-28-38)33-11-3-1-4-12-33)40-31-25-36(26-32-40)42-17-9-18-44-43-15-7-8-20-46(43)51-48(42)44;21-19(22)13-10-11-18-16(12-13)15-8-4-5-9-17(15)20(18)14-6-2-1-3-7-14/h1-44H;1-32H;1-12,21-22H. The van der Waals surface area contributed by atoms with Gasteiger partial charge in [-0.05, 0) is 235 Å². The summed E-state index contributed by atoms with van der Waals surface area (Å²) in [7, 11) is -1.46. The molecular weight excluding hydrogens is 1800 g/mol. The van der Waals surface area contributed by atoms with Crippen molar-refractivity contribution in [2.75, 3.05) is 9.80 Å². The summed E-state index contributed by atoms with van der Waals surface area (Å²) < 4.78 is 18.5. The largest absolute Gasteiger partial charge is 0.488 e. The molecule has 8 nitrogen and oxygen atoms in total. The zero-order valence-corrected chi connectivity index (χ0v) is 78.8. The van der Waals surface area contributed by atoms with E-state index in [0.29, 0.717) is 5.46 Å². The predicted octanol–water partition coefficient (Wildman–Crippen LogP) is 35.4. The molecule has 26 rings (SSSR count). The van der Waals surface area contributed by atoms with Crippen molar-refractivity contribution in [1.29, 1.82) is 0 Å². The second kappa shape index (κ2) is 38.2. The minimum Gasteiger partial charge on any atom is -0.455 e. The third kappa shape index (κ3) is 16.6. The Kier molecular flexibility index (Phi) is 23.4. The van der Waals surface area contributed by atoms with Gasteiger partial charge in [0.25, 0.3) is 0 Å². The SMILES string of the molecule is Brc1cccc(-c2ccc(N(c3ccc(-c4ccccc4)cc3)c3ccc(-c4cccc5c4oc4ccccc45)cc3)cc2)c1-c1ccccc1.OB(O)c1ccc2c(c1)c1ccccc1n2-c1ccccc1.c1ccc(-c2ccc(N(c3ccc(-c4cccc(-c5ccc6c(c5)c5ccccc5n6-c5ccccc5)c4-c4ccccc4)cc3)c3ccc(-c4cccc5c4oc4ccccc45)cc3)cc2)cc1. The monoisotopic (exact) mass is 1880 g/mol. The maximum atomic E-state index is 9.43. The van der Waals surface area contributed by atoms with E-state index in [9.17, 15) is 10.0 Å². The number of benzene rings is 22. The van der Waals surface area contributed by atoms with Crippen LogP contribution in [0.5, 0.6) is 0 Å². The number of hydrogen-bond acceptors (Lipinski definition) is 6. The molecule has 10 heteroatoms. The van der Waals surface area contributed by atoms with Crippen LogP contribution in [0.15, 0.2) is 547 Å². The summed E-state index contributed by atoms with van der Waals surface area (Å²) in [5.41, 5.74) is 38.3. The quantitative estimate of drug-likeness (QED) is 0.0833. The van der Waals surface area contributed by atoms with Gasteiger partial charge in [-0.15, -0.1) is 0 Å². The molecule has 0 unspecified atom stereocenters. The molecule has 2 N–H and O–H groups in total. The molecule has 4 aromatic heterocycles. The van der Waals surface area contributed by atoms with Gasteiger partial charge < -0.3 is 37.8 Å². The average molecular weight is 1890 g/mol. The van der Waals surface area contributed by atoms with E-state index in [1.54, 1.807) is 6.07 Å². The number of fused-ring (bicyclic) bond motifs is 12. The summed E-state index contributed by atoms with van der Waals surface area (Å²) in [4.78, 5) is 4.67. The number of hydrogen-bond donors (Lipinski definition) is 2. The van der Waals surface area contributed by atoms with Crippen molar-refractivity contribution >= 4 is 150 Å². The van der Waals surface area contributed by atoms with E-state index in [2.05, 4.69) is 496 Å². The number of para-hydroxylation sites is 8. The van der Waals surface area contributed by atoms with Crippen LogP contribution in [0.1, 0.15) is 0 Å². The van der Waals surface area contributed by atoms with Gasteiger partial charge in [0.2, 0.25) is 0 Å². The maximum absolute atomic E-state index is 9.43. The first-order valence-electron chi connectivity index (χ1n) is 47.9. The molecule has 22 aromatic carbocycles. The number of furan rings is 2. The number of halogens is 1. The van der Waals surface area contributed by atoms with Crippen molar-refractivity contribution in [3.05, 3.63) is 538 Å². The second-order valence-electron chi connectivity index (χ2n) is 35.6. The van der Waals surface area contributed by atoms with Crippen LogP contribution in [-0.2, 0) is 0 Å². The number of anilines is 6. The molecule has 0 aliphatic heterocycles. The summed E-state index contributed by atoms with van der Waals surface area (Å²) in [5.74, 6) is 0. The molecular formula is C132H90BBrN4O4. The van der Waals surface area contributed by atoms with E-state index in [4.69, 9.17) is 8.83 Å². The molecule has 142 heavy (non-hydrogen) atoms. The van der Waals surface area contributed by atoms with Crippen LogP contribution in [0.4, 0.5) is 34.1 Å². The fourth-order valence-corrected chi connectivity index (χ4v) is 21.1. The number of nitrogens with zero attached hydrogens (tertiary/aromatic N) is 4. The van der Waals surface area contributed by atoms with Crippen molar-refractivity contribution in [2.24, 2.45) is 0 Å². The molecule has 0 bridgehead atoms. The Labute approximate surface area is 831 Å². The lowest BCUT2D eigenvalue weighted by molar-refractivity contribution is 0.426. The summed E-state index contributed by atoms with van der Waals surface area (Å²) in [6.07, 6.45) is 0. The van der Waals surface area contributed by atoms with Crippen molar-refractivity contribution in [3.8, 4) is 112 Å². The third-order valence-electron chi connectivity index (χ3n) is 27.2. The van der Waals surface area contributed by atoms with Crippen molar-refractivity contribution in [1.82, 2.24) is 9.13 Å². The van der Waals surface area contributed by atoms with Crippen molar-refractivity contribution in [2.45, 2.75) is 0 Å². The normalized spacial score (nSPS) is 11.3. The topological polar surface area (TPSA) is 83.1 Å². The zero-order chi connectivity index (χ0) is 94.9. The summed E-state index contributed by atoms with van der Waals surface area (Å²) in [6.45, 7) is 0. The van der Waals surface area contributed by atoms with Gasteiger partial charge in [-0.25, -0.2) is 0 Å². The molecule has 4 heterocycles. The van der Waals surface area contributed by atoms with Crippen LogP contribution in [0.2, 0.25) is 0 Å². The zero-order valence-electron chi connectivity index (χ0n) is 77.3. The summed E-state index contributed by atoms with van der Waals surface area (Å²) in [6, 6.07) is 189. The van der Waals surface area contributed by atoms with Gasteiger partial charge in [-0.2, -0.15) is 0 Å². The van der Waals surface area contributed by atoms with Crippen molar-refractivity contribution < 1.29 is 18.9 Å². The first-order valence-corrected chi connectivity index (χ1v) is 48.7. The Hall–Kier alpha value is -17.9. The highest BCUT2D eigenvalue weighted by atomic mass is 79.9. The van der Waals surface area contributed by atoms with Crippen LogP contribution < -0.4 is 15.3 Å². The third-order valence-corrected chi connectivity index (χ3v) is 27.9. The Morgan fingerprint density at radius 3 is 0.880 bits per heavy atom. The Balaban J connectivity index is 0.000000130. The predicted molar refractivity (Wildman–Crippen MR) is 598 cm³/mol. The highest BCUT2D eigenvalue weighted by Gasteiger charge is 2.25.